The van der Waals surface area contributed by atoms with Crippen LogP contribution in [-0.4, -0.2) is 41.0 Å². The van der Waals surface area contributed by atoms with E-state index in [2.05, 4.69) is 85.2 Å². The monoisotopic (exact) mass is 777 g/mol. The summed E-state index contributed by atoms with van der Waals surface area (Å²) in [6.07, 6.45) is 51.9. The first-order valence-corrected chi connectivity index (χ1v) is 22.8. The number of phosphoric ester groups is 1. The molecule has 0 unspecified atom stereocenters. The molecule has 54 heavy (non-hydrogen) atoms. The van der Waals surface area contributed by atoms with Crippen molar-refractivity contribution in [3.05, 3.63) is 72.9 Å². The number of carbonyl (C=O) groups excluding carboxylic acids is 2. The molecule has 310 valence electrons. The summed E-state index contributed by atoms with van der Waals surface area (Å²) in [7, 11) is -4.77. The first-order valence-electron chi connectivity index (χ1n) is 21.2. The van der Waals surface area contributed by atoms with Crippen molar-refractivity contribution in [1.82, 2.24) is 0 Å². The van der Waals surface area contributed by atoms with Crippen LogP contribution in [0, 0.1) is 0 Å². The summed E-state index contributed by atoms with van der Waals surface area (Å²) in [6.45, 7) is 3.58. The molecule has 0 aromatic rings. The number of carbonyl (C=O) groups is 2. The van der Waals surface area contributed by atoms with Gasteiger partial charge in [0, 0.05) is 12.8 Å². The van der Waals surface area contributed by atoms with Crippen molar-refractivity contribution in [2.75, 3.05) is 13.2 Å². The minimum Gasteiger partial charge on any atom is -0.462 e. The summed E-state index contributed by atoms with van der Waals surface area (Å²) in [6, 6.07) is 0. The molecule has 0 aliphatic heterocycles. The molecule has 0 aliphatic rings. The molecule has 9 heteroatoms. The van der Waals surface area contributed by atoms with E-state index in [1.807, 2.05) is 6.08 Å². The van der Waals surface area contributed by atoms with Crippen molar-refractivity contribution < 1.29 is 37.9 Å². The summed E-state index contributed by atoms with van der Waals surface area (Å²) < 4.78 is 26.3. The predicted octanol–water partition coefficient (Wildman–Crippen LogP) is 13.1. The Morgan fingerprint density at radius 3 is 1.30 bits per heavy atom. The highest BCUT2D eigenvalue weighted by Crippen LogP contribution is 2.36. The van der Waals surface area contributed by atoms with Crippen LogP contribution in [0.4, 0.5) is 0 Å². The first kappa shape index (κ1) is 51.5. The number of rotatable bonds is 38. The lowest BCUT2D eigenvalue weighted by atomic mass is 10.1. The van der Waals surface area contributed by atoms with Gasteiger partial charge in [0.15, 0.2) is 6.10 Å². The van der Waals surface area contributed by atoms with Gasteiger partial charge in [-0.05, 0) is 83.5 Å². The molecule has 0 heterocycles. The number of unbranched alkanes of at least 4 members (excludes halogenated alkanes) is 16. The van der Waals surface area contributed by atoms with E-state index in [1.165, 1.54) is 83.5 Å². The van der Waals surface area contributed by atoms with E-state index < -0.39 is 32.5 Å². The number of hydrogen-bond acceptors (Lipinski definition) is 6. The Kier molecular flexibility index (Phi) is 38.3. The topological polar surface area (TPSA) is 119 Å². The minimum absolute atomic E-state index is 0.187. The highest BCUT2D eigenvalue weighted by molar-refractivity contribution is 7.46. The zero-order chi connectivity index (χ0) is 39.6. The SMILES string of the molecule is CCCCC/C=C/C/C=C/C/C=C/C/C=C/CCCC(=O)OC[C@H](COP(=O)(O)O)OC(=O)CCCCCCCCCCC/C=C/C/C=C/CCCCC. The summed E-state index contributed by atoms with van der Waals surface area (Å²) in [5.74, 6) is -0.959. The average Bonchev–Trinajstić information content (AvgIpc) is 3.14. The van der Waals surface area contributed by atoms with Crippen LogP contribution in [0.3, 0.4) is 0 Å². The van der Waals surface area contributed by atoms with Gasteiger partial charge in [-0.3, -0.25) is 14.1 Å². The van der Waals surface area contributed by atoms with Crippen LogP contribution >= 0.6 is 7.82 Å². The second-order valence-electron chi connectivity index (χ2n) is 14.0. The van der Waals surface area contributed by atoms with Crippen LogP contribution in [0.5, 0.6) is 0 Å². The fraction of sp³-hybridized carbons (Fsp3) is 0.689. The van der Waals surface area contributed by atoms with E-state index in [-0.39, 0.29) is 19.4 Å². The van der Waals surface area contributed by atoms with Gasteiger partial charge in [0.25, 0.3) is 0 Å². The third-order valence-corrected chi connectivity index (χ3v) is 9.18. The van der Waals surface area contributed by atoms with Gasteiger partial charge in [0.2, 0.25) is 0 Å². The lowest BCUT2D eigenvalue weighted by molar-refractivity contribution is -0.161. The van der Waals surface area contributed by atoms with Crippen LogP contribution in [-0.2, 0) is 28.2 Å². The zero-order valence-electron chi connectivity index (χ0n) is 34.1. The van der Waals surface area contributed by atoms with Gasteiger partial charge < -0.3 is 19.3 Å². The summed E-state index contributed by atoms with van der Waals surface area (Å²) in [5, 5.41) is 0. The standard InChI is InChI=1S/C45H77O8P/c1-3-5-7-9-11-13-15-17-19-21-22-24-26-28-30-32-34-36-38-40-45(47)53-43(42-52-54(48,49)50)41-51-44(46)39-37-35-33-31-29-27-25-23-20-18-16-14-12-10-8-6-4-2/h11-14,17-20,25,27,31,33,43H,3-10,15-16,21-24,26,28-30,32,34-42H2,1-2H3,(H2,48,49,50)/b13-11+,14-12+,19-17+,20-18+,27-25+,33-31+/t43-/m1/s1. The van der Waals surface area contributed by atoms with Crippen LogP contribution in [0.25, 0.3) is 0 Å². The van der Waals surface area contributed by atoms with Crippen LogP contribution in [0.15, 0.2) is 72.9 Å². The molecule has 0 saturated heterocycles. The van der Waals surface area contributed by atoms with Crippen molar-refractivity contribution in [3.8, 4) is 0 Å². The van der Waals surface area contributed by atoms with Crippen LogP contribution in [0.1, 0.15) is 181 Å². The molecule has 0 amide bonds. The maximum Gasteiger partial charge on any atom is 0.469 e. The van der Waals surface area contributed by atoms with E-state index in [0.717, 1.165) is 57.8 Å². The molecule has 1 atom stereocenters. The number of esters is 2. The van der Waals surface area contributed by atoms with Gasteiger partial charge in [0.1, 0.15) is 6.61 Å². The zero-order valence-corrected chi connectivity index (χ0v) is 35.0. The Morgan fingerprint density at radius 2 is 0.852 bits per heavy atom. The fourth-order valence-corrected chi connectivity index (χ4v) is 5.87. The average molecular weight is 777 g/mol. The normalized spacial score (nSPS) is 13.2. The lowest BCUT2D eigenvalue weighted by Gasteiger charge is -2.18. The van der Waals surface area contributed by atoms with Crippen molar-refractivity contribution in [3.63, 3.8) is 0 Å². The van der Waals surface area contributed by atoms with E-state index in [9.17, 15) is 14.2 Å². The Labute approximate surface area is 329 Å². The van der Waals surface area contributed by atoms with Crippen LogP contribution < -0.4 is 0 Å². The third-order valence-electron chi connectivity index (χ3n) is 8.70. The molecule has 0 rings (SSSR count). The molecular weight excluding hydrogens is 699 g/mol. The number of hydrogen-bond donors (Lipinski definition) is 2. The Hall–Kier alpha value is -2.51. The Bertz CT molecular complexity index is 1100. The van der Waals surface area contributed by atoms with Gasteiger partial charge >= 0.3 is 19.8 Å². The molecule has 0 aliphatic carbocycles. The molecule has 0 bridgehead atoms. The molecule has 0 radical (unpaired) electrons. The molecule has 0 aromatic carbocycles. The maximum absolute atomic E-state index is 12.4. The van der Waals surface area contributed by atoms with E-state index in [1.54, 1.807) is 0 Å². The van der Waals surface area contributed by atoms with Gasteiger partial charge in [-0.1, -0.05) is 157 Å². The largest absolute Gasteiger partial charge is 0.469 e. The lowest BCUT2D eigenvalue weighted by Crippen LogP contribution is -2.29. The summed E-state index contributed by atoms with van der Waals surface area (Å²) in [4.78, 5) is 42.8. The van der Waals surface area contributed by atoms with Gasteiger partial charge in [0.05, 0.1) is 6.61 Å². The smallest absolute Gasteiger partial charge is 0.462 e. The number of allylic oxidation sites excluding steroid dienone is 12. The van der Waals surface area contributed by atoms with Crippen molar-refractivity contribution in [2.45, 2.75) is 187 Å². The molecule has 2 N–H and O–H groups in total. The molecule has 8 nitrogen and oxygen atoms in total. The van der Waals surface area contributed by atoms with Crippen molar-refractivity contribution >= 4 is 19.8 Å². The Balaban J connectivity index is 4.02. The second kappa shape index (κ2) is 40.2. The molecule has 0 saturated carbocycles. The summed E-state index contributed by atoms with van der Waals surface area (Å²) in [5.41, 5.74) is 0. The molecule has 0 spiro atoms. The van der Waals surface area contributed by atoms with Crippen molar-refractivity contribution in [2.24, 2.45) is 0 Å². The van der Waals surface area contributed by atoms with Gasteiger partial charge in [-0.2, -0.15) is 0 Å². The summed E-state index contributed by atoms with van der Waals surface area (Å²) >= 11 is 0. The quantitative estimate of drug-likeness (QED) is 0.0275. The highest BCUT2D eigenvalue weighted by Gasteiger charge is 2.22. The van der Waals surface area contributed by atoms with Crippen molar-refractivity contribution in [1.29, 1.82) is 0 Å². The van der Waals surface area contributed by atoms with E-state index in [4.69, 9.17) is 19.3 Å². The molecule has 0 aromatic heterocycles. The van der Waals surface area contributed by atoms with E-state index >= 15 is 0 Å². The molecular formula is C45H77O8P. The molecule has 0 fully saturated rings. The Morgan fingerprint density at radius 1 is 0.481 bits per heavy atom. The second-order valence-corrected chi connectivity index (χ2v) is 15.2. The fourth-order valence-electron chi connectivity index (χ4n) is 5.51. The maximum atomic E-state index is 12.4. The highest BCUT2D eigenvalue weighted by atomic mass is 31.2. The van der Waals surface area contributed by atoms with Gasteiger partial charge in [-0.15, -0.1) is 0 Å². The van der Waals surface area contributed by atoms with E-state index in [0.29, 0.717) is 12.8 Å². The number of ether oxygens (including phenoxy) is 2. The van der Waals surface area contributed by atoms with Gasteiger partial charge in [-0.25, -0.2) is 4.57 Å². The minimum atomic E-state index is -4.77. The first-order chi connectivity index (χ1) is 26.3. The predicted molar refractivity (Wildman–Crippen MR) is 225 cm³/mol. The number of phosphoric acid groups is 1. The van der Waals surface area contributed by atoms with Crippen LogP contribution in [0.2, 0.25) is 0 Å². The third kappa shape index (κ3) is 42.2.